The number of benzene rings is 1. The smallest absolute Gasteiger partial charge is 0.387 e. The average molecular weight is 288 g/mol. The van der Waals surface area contributed by atoms with Gasteiger partial charge in [0.2, 0.25) is 5.91 Å². The van der Waals surface area contributed by atoms with Gasteiger partial charge in [0.25, 0.3) is 0 Å². The summed E-state index contributed by atoms with van der Waals surface area (Å²) in [5.41, 5.74) is 5.81. The van der Waals surface area contributed by atoms with Crippen LogP contribution in [-0.2, 0) is 11.3 Å². The monoisotopic (exact) mass is 288 g/mol. The molecule has 0 radical (unpaired) electrons. The fourth-order valence-corrected chi connectivity index (χ4v) is 1.69. The van der Waals surface area contributed by atoms with Crippen molar-refractivity contribution in [3.05, 3.63) is 23.8 Å². The standard InChI is InChI=1S/C13H18F2N2O3/c1-8(5-12(16)18)17-7-9-3-4-10(19-2)11(6-9)20-13(14)15/h3-4,6,8,13,17H,5,7H2,1-2H3,(H2,16,18). The third-order valence-corrected chi connectivity index (χ3v) is 2.61. The number of nitrogens with two attached hydrogens (primary N) is 1. The lowest BCUT2D eigenvalue weighted by molar-refractivity contribution is -0.118. The van der Waals surface area contributed by atoms with Gasteiger partial charge in [-0.2, -0.15) is 8.78 Å². The number of methoxy groups -OCH3 is 1. The van der Waals surface area contributed by atoms with E-state index in [-0.39, 0.29) is 24.0 Å². The second-order valence-electron chi connectivity index (χ2n) is 4.32. The molecule has 112 valence electrons. The van der Waals surface area contributed by atoms with Gasteiger partial charge in [0.05, 0.1) is 7.11 Å². The molecule has 0 aromatic heterocycles. The highest BCUT2D eigenvalue weighted by molar-refractivity contribution is 5.74. The van der Waals surface area contributed by atoms with E-state index in [0.717, 1.165) is 5.56 Å². The highest BCUT2D eigenvalue weighted by Crippen LogP contribution is 2.29. The van der Waals surface area contributed by atoms with E-state index in [9.17, 15) is 13.6 Å². The minimum absolute atomic E-state index is 0.0237. The lowest BCUT2D eigenvalue weighted by Gasteiger charge is -2.14. The number of ether oxygens (including phenoxy) is 2. The van der Waals surface area contributed by atoms with Crippen molar-refractivity contribution in [3.8, 4) is 11.5 Å². The number of nitrogens with one attached hydrogen (secondary N) is 1. The quantitative estimate of drug-likeness (QED) is 0.763. The van der Waals surface area contributed by atoms with Gasteiger partial charge in [-0.3, -0.25) is 4.79 Å². The molecule has 20 heavy (non-hydrogen) atoms. The summed E-state index contributed by atoms with van der Waals surface area (Å²) in [5, 5.41) is 3.06. The van der Waals surface area contributed by atoms with E-state index in [0.29, 0.717) is 6.54 Å². The van der Waals surface area contributed by atoms with Gasteiger partial charge in [0, 0.05) is 19.0 Å². The molecular weight excluding hydrogens is 270 g/mol. The Hall–Kier alpha value is -1.89. The third kappa shape index (κ3) is 5.40. The van der Waals surface area contributed by atoms with E-state index < -0.39 is 12.5 Å². The summed E-state index contributed by atoms with van der Waals surface area (Å²) in [6.45, 7) is -0.705. The second kappa shape index (κ2) is 7.64. The van der Waals surface area contributed by atoms with Gasteiger partial charge in [-0.05, 0) is 24.6 Å². The summed E-state index contributed by atoms with van der Waals surface area (Å²) in [4.78, 5) is 10.7. The molecule has 0 fully saturated rings. The van der Waals surface area contributed by atoms with Gasteiger partial charge in [0.15, 0.2) is 11.5 Å². The van der Waals surface area contributed by atoms with Crippen molar-refractivity contribution in [1.29, 1.82) is 0 Å². The van der Waals surface area contributed by atoms with E-state index >= 15 is 0 Å². The Labute approximate surface area is 116 Å². The molecule has 0 heterocycles. The van der Waals surface area contributed by atoms with Crippen molar-refractivity contribution in [2.45, 2.75) is 32.5 Å². The van der Waals surface area contributed by atoms with E-state index in [1.807, 2.05) is 6.92 Å². The Kier molecular flexibility index (Phi) is 6.17. The highest BCUT2D eigenvalue weighted by Gasteiger charge is 2.12. The van der Waals surface area contributed by atoms with Crippen LogP contribution in [0.25, 0.3) is 0 Å². The first-order valence-electron chi connectivity index (χ1n) is 6.05. The molecule has 1 rings (SSSR count). The fraction of sp³-hybridized carbons (Fsp3) is 0.462. The van der Waals surface area contributed by atoms with E-state index in [2.05, 4.69) is 10.1 Å². The number of primary amides is 1. The van der Waals surface area contributed by atoms with Gasteiger partial charge in [0.1, 0.15) is 0 Å². The number of alkyl halides is 2. The second-order valence-corrected chi connectivity index (χ2v) is 4.32. The Morgan fingerprint density at radius 3 is 2.65 bits per heavy atom. The van der Waals surface area contributed by atoms with Crippen molar-refractivity contribution < 1.29 is 23.0 Å². The molecule has 0 saturated carbocycles. The van der Waals surface area contributed by atoms with Crippen LogP contribution < -0.4 is 20.5 Å². The van der Waals surface area contributed by atoms with Crippen molar-refractivity contribution in [2.75, 3.05) is 7.11 Å². The van der Waals surface area contributed by atoms with Crippen LogP contribution in [0.4, 0.5) is 8.78 Å². The predicted molar refractivity (Wildman–Crippen MR) is 69.7 cm³/mol. The molecule has 7 heteroatoms. The van der Waals surface area contributed by atoms with Crippen LogP contribution in [0.2, 0.25) is 0 Å². The zero-order chi connectivity index (χ0) is 15.1. The summed E-state index contributed by atoms with van der Waals surface area (Å²) in [5.74, 6) is -0.190. The number of carbonyl (C=O) groups is 1. The molecule has 1 aromatic rings. The zero-order valence-electron chi connectivity index (χ0n) is 11.4. The average Bonchev–Trinajstić information content (AvgIpc) is 2.35. The van der Waals surface area contributed by atoms with Crippen LogP contribution in [0.1, 0.15) is 18.9 Å². The molecule has 0 aliphatic heterocycles. The summed E-state index contributed by atoms with van der Waals surface area (Å²) < 4.78 is 33.9. The van der Waals surface area contributed by atoms with Crippen LogP contribution in [-0.4, -0.2) is 25.7 Å². The Balaban J connectivity index is 2.69. The zero-order valence-corrected chi connectivity index (χ0v) is 11.4. The van der Waals surface area contributed by atoms with Crippen LogP contribution >= 0.6 is 0 Å². The maximum Gasteiger partial charge on any atom is 0.387 e. The summed E-state index contributed by atoms with van der Waals surface area (Å²) >= 11 is 0. The molecule has 5 nitrogen and oxygen atoms in total. The number of hydrogen-bond acceptors (Lipinski definition) is 4. The van der Waals surface area contributed by atoms with E-state index in [1.54, 1.807) is 12.1 Å². The molecule has 0 saturated heterocycles. The first-order chi connectivity index (χ1) is 9.42. The van der Waals surface area contributed by atoms with E-state index in [1.165, 1.54) is 13.2 Å². The molecule has 0 spiro atoms. The number of rotatable bonds is 8. The first-order valence-corrected chi connectivity index (χ1v) is 6.05. The number of carbonyl (C=O) groups excluding carboxylic acids is 1. The maximum absolute atomic E-state index is 12.3. The van der Waals surface area contributed by atoms with Gasteiger partial charge in [-0.15, -0.1) is 0 Å². The van der Waals surface area contributed by atoms with E-state index in [4.69, 9.17) is 10.5 Å². The summed E-state index contributed by atoms with van der Waals surface area (Å²) in [7, 11) is 1.38. The molecular formula is C13H18F2N2O3. The topological polar surface area (TPSA) is 73.6 Å². The Bertz CT molecular complexity index is 455. The lowest BCUT2D eigenvalue weighted by atomic mass is 10.1. The van der Waals surface area contributed by atoms with Crippen LogP contribution in [0.3, 0.4) is 0 Å². The minimum atomic E-state index is -2.92. The molecule has 1 aromatic carbocycles. The van der Waals surface area contributed by atoms with Crippen LogP contribution in [0.5, 0.6) is 11.5 Å². The van der Waals surface area contributed by atoms with Gasteiger partial charge in [-0.1, -0.05) is 6.07 Å². The maximum atomic E-state index is 12.3. The fourth-order valence-electron chi connectivity index (χ4n) is 1.69. The van der Waals surface area contributed by atoms with Crippen LogP contribution in [0, 0.1) is 0 Å². The van der Waals surface area contributed by atoms with Crippen molar-refractivity contribution >= 4 is 5.91 Å². The van der Waals surface area contributed by atoms with Crippen molar-refractivity contribution in [2.24, 2.45) is 5.73 Å². The number of hydrogen-bond donors (Lipinski definition) is 2. The normalized spacial score (nSPS) is 12.2. The third-order valence-electron chi connectivity index (χ3n) is 2.61. The molecule has 0 aliphatic carbocycles. The lowest BCUT2D eigenvalue weighted by Crippen LogP contribution is -2.30. The number of amides is 1. The Morgan fingerprint density at radius 1 is 1.40 bits per heavy atom. The minimum Gasteiger partial charge on any atom is -0.493 e. The first kappa shape index (κ1) is 16.2. The molecule has 3 N–H and O–H groups in total. The van der Waals surface area contributed by atoms with Gasteiger partial charge >= 0.3 is 6.61 Å². The van der Waals surface area contributed by atoms with Gasteiger partial charge in [-0.25, -0.2) is 0 Å². The SMILES string of the molecule is COc1ccc(CNC(C)CC(N)=O)cc1OC(F)F. The Morgan fingerprint density at radius 2 is 2.10 bits per heavy atom. The predicted octanol–water partition coefficient (Wildman–Crippen LogP) is 1.65. The van der Waals surface area contributed by atoms with Crippen molar-refractivity contribution in [1.82, 2.24) is 5.32 Å². The van der Waals surface area contributed by atoms with Gasteiger partial charge < -0.3 is 20.5 Å². The molecule has 0 bridgehead atoms. The highest BCUT2D eigenvalue weighted by atomic mass is 19.3. The largest absolute Gasteiger partial charge is 0.493 e. The van der Waals surface area contributed by atoms with Crippen LogP contribution in [0.15, 0.2) is 18.2 Å². The molecule has 1 unspecified atom stereocenters. The molecule has 1 atom stereocenters. The molecule has 0 aliphatic rings. The summed E-state index contributed by atoms with van der Waals surface area (Å²) in [6, 6.07) is 4.64. The summed E-state index contributed by atoms with van der Waals surface area (Å²) in [6.07, 6.45) is 0.205. The number of halogens is 2. The van der Waals surface area contributed by atoms with Crippen molar-refractivity contribution in [3.63, 3.8) is 0 Å². The molecule has 1 amide bonds.